The molecule has 0 saturated heterocycles. The number of phenolic OH excluding ortho intramolecular Hbond substituents is 1. The van der Waals surface area contributed by atoms with Crippen molar-refractivity contribution in [3.63, 3.8) is 0 Å². The Kier molecular flexibility index (Phi) is 3.27. The molecule has 0 fully saturated rings. The molecule has 0 radical (unpaired) electrons. The maximum atomic E-state index is 9.60. The Balaban J connectivity index is 1.93. The first-order valence-electron chi connectivity index (χ1n) is 5.37. The van der Waals surface area contributed by atoms with Gasteiger partial charge in [0.05, 0.1) is 6.17 Å². The van der Waals surface area contributed by atoms with Gasteiger partial charge in [-0.1, -0.05) is 23.8 Å². The van der Waals surface area contributed by atoms with Gasteiger partial charge in [-0.25, -0.2) is 0 Å². The van der Waals surface area contributed by atoms with E-state index in [0.717, 1.165) is 5.56 Å². The van der Waals surface area contributed by atoms with Gasteiger partial charge < -0.3 is 10.4 Å². The van der Waals surface area contributed by atoms with Gasteiger partial charge in [-0.3, -0.25) is 5.32 Å². The van der Waals surface area contributed by atoms with Crippen LogP contribution in [0.4, 0.5) is 0 Å². The van der Waals surface area contributed by atoms with E-state index in [1.54, 1.807) is 6.07 Å². The van der Waals surface area contributed by atoms with E-state index in [4.69, 9.17) is 0 Å². The molecule has 0 amide bonds. The third-order valence-electron chi connectivity index (χ3n) is 2.56. The molecular formula is C13H16N2O. The summed E-state index contributed by atoms with van der Waals surface area (Å²) in [5, 5.41) is 16.1. The van der Waals surface area contributed by atoms with Crippen molar-refractivity contribution in [3.8, 4) is 5.75 Å². The summed E-state index contributed by atoms with van der Waals surface area (Å²) in [7, 11) is 0. The highest BCUT2D eigenvalue weighted by Gasteiger charge is 2.06. The lowest BCUT2D eigenvalue weighted by Gasteiger charge is -2.19. The SMILES string of the molecule is CC1=CC(NCc2ccccc2O)NC=C1. The Morgan fingerprint density at radius 3 is 2.94 bits per heavy atom. The molecule has 0 aromatic heterocycles. The fourth-order valence-corrected chi connectivity index (χ4v) is 1.65. The molecule has 3 nitrogen and oxygen atoms in total. The third kappa shape index (κ3) is 2.64. The Labute approximate surface area is 95.5 Å². The predicted octanol–water partition coefficient (Wildman–Crippen LogP) is 1.87. The minimum atomic E-state index is 0.129. The summed E-state index contributed by atoms with van der Waals surface area (Å²) in [6.45, 7) is 2.70. The average Bonchev–Trinajstić information content (AvgIpc) is 2.28. The maximum absolute atomic E-state index is 9.60. The van der Waals surface area contributed by atoms with Crippen molar-refractivity contribution in [1.82, 2.24) is 10.6 Å². The maximum Gasteiger partial charge on any atom is 0.120 e. The summed E-state index contributed by atoms with van der Waals surface area (Å²) in [4.78, 5) is 0. The van der Waals surface area contributed by atoms with E-state index < -0.39 is 0 Å². The number of hydrogen-bond donors (Lipinski definition) is 3. The second kappa shape index (κ2) is 4.86. The molecule has 1 aliphatic rings. The molecule has 0 aliphatic carbocycles. The number of allylic oxidation sites excluding steroid dienone is 2. The molecule has 1 aromatic rings. The van der Waals surface area contributed by atoms with Crippen LogP contribution in [0.2, 0.25) is 0 Å². The van der Waals surface area contributed by atoms with Crippen LogP contribution in [0, 0.1) is 0 Å². The number of nitrogens with one attached hydrogen (secondary N) is 2. The molecule has 3 N–H and O–H groups in total. The van der Waals surface area contributed by atoms with E-state index in [1.165, 1.54) is 5.57 Å². The van der Waals surface area contributed by atoms with Gasteiger partial charge in [-0.15, -0.1) is 0 Å². The van der Waals surface area contributed by atoms with Gasteiger partial charge in [0, 0.05) is 12.1 Å². The second-order valence-electron chi connectivity index (χ2n) is 3.90. The number of phenols is 1. The van der Waals surface area contributed by atoms with E-state index in [1.807, 2.05) is 30.5 Å². The van der Waals surface area contributed by atoms with Crippen molar-refractivity contribution in [1.29, 1.82) is 0 Å². The Bertz CT molecular complexity index is 424. The van der Waals surface area contributed by atoms with Crippen molar-refractivity contribution >= 4 is 0 Å². The van der Waals surface area contributed by atoms with Crippen LogP contribution in [-0.4, -0.2) is 11.3 Å². The van der Waals surface area contributed by atoms with Gasteiger partial charge in [-0.05, 0) is 31.3 Å². The van der Waals surface area contributed by atoms with Gasteiger partial charge in [0.1, 0.15) is 5.75 Å². The summed E-state index contributed by atoms with van der Waals surface area (Å²) in [5.41, 5.74) is 2.14. The molecule has 2 rings (SSSR count). The molecule has 0 bridgehead atoms. The molecule has 16 heavy (non-hydrogen) atoms. The zero-order valence-corrected chi connectivity index (χ0v) is 9.27. The number of aromatic hydroxyl groups is 1. The lowest BCUT2D eigenvalue weighted by Crippen LogP contribution is -2.38. The van der Waals surface area contributed by atoms with Crippen LogP contribution in [0.1, 0.15) is 12.5 Å². The molecule has 1 unspecified atom stereocenters. The zero-order valence-electron chi connectivity index (χ0n) is 9.27. The van der Waals surface area contributed by atoms with Gasteiger partial charge >= 0.3 is 0 Å². The first-order valence-corrected chi connectivity index (χ1v) is 5.37. The van der Waals surface area contributed by atoms with E-state index >= 15 is 0 Å². The van der Waals surface area contributed by atoms with Gasteiger partial charge in [0.2, 0.25) is 0 Å². The summed E-state index contributed by atoms with van der Waals surface area (Å²) < 4.78 is 0. The summed E-state index contributed by atoms with van der Waals surface area (Å²) in [6.07, 6.45) is 6.19. The lowest BCUT2D eigenvalue weighted by atomic mass is 10.1. The quantitative estimate of drug-likeness (QED) is 0.722. The molecule has 1 aromatic carbocycles. The molecule has 0 saturated carbocycles. The summed E-state index contributed by atoms with van der Waals surface area (Å²) in [6, 6.07) is 7.36. The first-order chi connectivity index (χ1) is 7.75. The van der Waals surface area contributed by atoms with Crippen molar-refractivity contribution in [3.05, 3.63) is 53.8 Å². The minimum absolute atomic E-state index is 0.129. The summed E-state index contributed by atoms with van der Waals surface area (Å²) >= 11 is 0. The van der Waals surface area contributed by atoms with Crippen LogP contribution in [0.3, 0.4) is 0 Å². The highest BCUT2D eigenvalue weighted by molar-refractivity contribution is 5.31. The molecule has 1 atom stereocenters. The number of dihydropyridines is 1. The predicted molar refractivity (Wildman–Crippen MR) is 64.8 cm³/mol. The molecule has 1 aliphatic heterocycles. The Hall–Kier alpha value is -1.74. The number of benzene rings is 1. The topological polar surface area (TPSA) is 44.3 Å². The second-order valence-corrected chi connectivity index (χ2v) is 3.90. The lowest BCUT2D eigenvalue weighted by molar-refractivity contribution is 0.458. The largest absolute Gasteiger partial charge is 0.508 e. The van der Waals surface area contributed by atoms with Crippen LogP contribution in [0.25, 0.3) is 0 Å². The Morgan fingerprint density at radius 1 is 1.38 bits per heavy atom. The average molecular weight is 216 g/mol. The van der Waals surface area contributed by atoms with Crippen LogP contribution in [0.15, 0.2) is 48.2 Å². The van der Waals surface area contributed by atoms with Crippen LogP contribution < -0.4 is 10.6 Å². The normalized spacial score (nSPS) is 19.1. The highest BCUT2D eigenvalue weighted by atomic mass is 16.3. The van der Waals surface area contributed by atoms with Crippen LogP contribution in [-0.2, 0) is 6.54 Å². The van der Waals surface area contributed by atoms with Crippen molar-refractivity contribution in [2.45, 2.75) is 19.6 Å². The fraction of sp³-hybridized carbons (Fsp3) is 0.231. The fourth-order valence-electron chi connectivity index (χ4n) is 1.65. The minimum Gasteiger partial charge on any atom is -0.508 e. The molecule has 84 valence electrons. The van der Waals surface area contributed by atoms with Gasteiger partial charge in [0.25, 0.3) is 0 Å². The molecule has 3 heteroatoms. The van der Waals surface area contributed by atoms with E-state index in [2.05, 4.69) is 23.6 Å². The number of hydrogen-bond acceptors (Lipinski definition) is 3. The number of para-hydroxylation sites is 1. The summed E-state index contributed by atoms with van der Waals surface area (Å²) in [5.74, 6) is 0.335. The van der Waals surface area contributed by atoms with Crippen molar-refractivity contribution < 1.29 is 5.11 Å². The van der Waals surface area contributed by atoms with E-state index in [0.29, 0.717) is 12.3 Å². The van der Waals surface area contributed by atoms with Crippen molar-refractivity contribution in [2.75, 3.05) is 0 Å². The third-order valence-corrected chi connectivity index (χ3v) is 2.56. The smallest absolute Gasteiger partial charge is 0.120 e. The molecular weight excluding hydrogens is 200 g/mol. The molecule has 1 heterocycles. The number of rotatable bonds is 3. The van der Waals surface area contributed by atoms with E-state index in [9.17, 15) is 5.11 Å². The Morgan fingerprint density at radius 2 is 2.19 bits per heavy atom. The standard InChI is InChI=1S/C13H16N2O/c1-10-6-7-14-13(8-10)15-9-11-4-2-3-5-12(11)16/h2-8,13-16H,9H2,1H3. The highest BCUT2D eigenvalue weighted by Crippen LogP contribution is 2.15. The van der Waals surface area contributed by atoms with E-state index in [-0.39, 0.29) is 6.17 Å². The molecule has 0 spiro atoms. The van der Waals surface area contributed by atoms with Gasteiger partial charge in [0.15, 0.2) is 0 Å². The van der Waals surface area contributed by atoms with Crippen LogP contribution in [0.5, 0.6) is 5.75 Å². The monoisotopic (exact) mass is 216 g/mol. The first kappa shape index (κ1) is 10.8. The van der Waals surface area contributed by atoms with Crippen molar-refractivity contribution in [2.24, 2.45) is 0 Å². The van der Waals surface area contributed by atoms with Gasteiger partial charge in [-0.2, -0.15) is 0 Å². The zero-order chi connectivity index (χ0) is 11.4. The van der Waals surface area contributed by atoms with Crippen LogP contribution >= 0.6 is 0 Å².